The van der Waals surface area contributed by atoms with E-state index in [1.54, 1.807) is 0 Å². The summed E-state index contributed by atoms with van der Waals surface area (Å²) in [5.41, 5.74) is 6.20. The van der Waals surface area contributed by atoms with Crippen LogP contribution in [-0.2, 0) is 16.3 Å². The Balaban J connectivity index is 0.00000104. The van der Waals surface area contributed by atoms with Crippen LogP contribution in [0, 0.1) is 0 Å². The first-order valence-electron chi connectivity index (χ1n) is 7.35. The predicted octanol–water partition coefficient (Wildman–Crippen LogP) is -1.01. The van der Waals surface area contributed by atoms with Crippen LogP contribution in [-0.4, -0.2) is 4.98 Å². The average molecular weight is 391 g/mol. The standard InChI is InChI=1S/C20H14N.2ClH.Cr/c1-2-6-15(7-3-1)17-11-12-18(14-17)19-10-4-8-16-9-5-13-21-20(16)19;;;/h1-11,13H,12H2;2*1H;/q;;;+2/p-2. The first-order valence-corrected chi connectivity index (χ1v) is 7.98. The summed E-state index contributed by atoms with van der Waals surface area (Å²) < 4.78 is 1.24. The van der Waals surface area contributed by atoms with Crippen molar-refractivity contribution >= 4 is 22.0 Å². The zero-order chi connectivity index (χ0) is 14.9. The molecule has 2 aromatic carbocycles. The quantitative estimate of drug-likeness (QED) is 0.546. The third kappa shape index (κ3) is 3.29. The molecule has 0 fully saturated rings. The molecule has 0 N–H and O–H groups in total. The van der Waals surface area contributed by atoms with Gasteiger partial charge >= 0.3 is 138 Å². The van der Waals surface area contributed by atoms with Gasteiger partial charge in [0.1, 0.15) is 0 Å². The zero-order valence-corrected chi connectivity index (χ0v) is 15.5. The maximum atomic E-state index is 4.59. The van der Waals surface area contributed by atoms with E-state index in [0.717, 1.165) is 11.9 Å². The molecule has 0 atom stereocenters. The van der Waals surface area contributed by atoms with Crippen LogP contribution in [0.4, 0.5) is 0 Å². The summed E-state index contributed by atoms with van der Waals surface area (Å²) in [6, 6.07) is 21.0. The molecule has 0 bridgehead atoms. The molecule has 0 amide bonds. The van der Waals surface area contributed by atoms with E-state index in [2.05, 4.69) is 81.9 Å². The summed E-state index contributed by atoms with van der Waals surface area (Å²) in [6.45, 7) is 0. The second-order valence-corrected chi connectivity index (χ2v) is 6.01. The first kappa shape index (κ1) is 18.8. The van der Waals surface area contributed by atoms with Crippen LogP contribution >= 0.6 is 0 Å². The molecule has 1 aliphatic carbocycles. The molecular formula is C20H14Cl2CrN. The van der Waals surface area contributed by atoms with Gasteiger partial charge in [0.05, 0.1) is 0 Å². The van der Waals surface area contributed by atoms with E-state index in [4.69, 9.17) is 0 Å². The minimum atomic E-state index is 0. The van der Waals surface area contributed by atoms with Gasteiger partial charge in [0.15, 0.2) is 0 Å². The van der Waals surface area contributed by atoms with Gasteiger partial charge in [0.25, 0.3) is 0 Å². The van der Waals surface area contributed by atoms with Gasteiger partial charge in [-0.2, -0.15) is 0 Å². The number of fused-ring (bicyclic) bond motifs is 1. The van der Waals surface area contributed by atoms with E-state index in [0.29, 0.717) is 0 Å². The number of benzene rings is 2. The molecule has 4 rings (SSSR count). The molecule has 0 radical (unpaired) electrons. The fraction of sp³-hybridized carbons (Fsp3) is 0.0500. The van der Waals surface area contributed by atoms with Crippen molar-refractivity contribution in [3.8, 4) is 0 Å². The number of rotatable bonds is 2. The molecule has 0 unspecified atom stereocenters. The van der Waals surface area contributed by atoms with Crippen molar-refractivity contribution in [1.29, 1.82) is 0 Å². The molecule has 3 aromatic rings. The Kier molecular flexibility index (Phi) is 6.27. The zero-order valence-electron chi connectivity index (χ0n) is 12.7. The number of para-hydroxylation sites is 1. The van der Waals surface area contributed by atoms with Gasteiger partial charge in [0, 0.05) is 0 Å². The van der Waals surface area contributed by atoms with Crippen LogP contribution in [0.15, 0.2) is 77.4 Å². The summed E-state index contributed by atoms with van der Waals surface area (Å²) in [5.74, 6) is 0. The molecular weight excluding hydrogens is 377 g/mol. The summed E-state index contributed by atoms with van der Waals surface area (Å²) in [6.07, 6.45) is 5.12. The molecule has 0 spiro atoms. The topological polar surface area (TPSA) is 12.9 Å². The van der Waals surface area contributed by atoms with Gasteiger partial charge in [-0.05, 0) is 0 Å². The molecule has 119 valence electrons. The summed E-state index contributed by atoms with van der Waals surface area (Å²) in [4.78, 5) is 4.59. The first-order chi connectivity index (χ1) is 10.8. The Morgan fingerprint density at radius 2 is 1.58 bits per heavy atom. The van der Waals surface area contributed by atoms with Crippen molar-refractivity contribution < 1.29 is 41.1 Å². The number of aromatic nitrogens is 1. The number of halogens is 2. The minimum absolute atomic E-state index is 0. The van der Waals surface area contributed by atoms with E-state index in [9.17, 15) is 0 Å². The van der Waals surface area contributed by atoms with Gasteiger partial charge in [-0.1, -0.05) is 0 Å². The van der Waals surface area contributed by atoms with Gasteiger partial charge in [0.2, 0.25) is 0 Å². The molecule has 4 heteroatoms. The molecule has 24 heavy (non-hydrogen) atoms. The van der Waals surface area contributed by atoms with E-state index < -0.39 is 0 Å². The normalized spacial score (nSPS) is 13.2. The molecule has 0 saturated carbocycles. The van der Waals surface area contributed by atoms with Crippen LogP contribution in [0.5, 0.6) is 0 Å². The van der Waals surface area contributed by atoms with Crippen molar-refractivity contribution in [2.75, 3.05) is 0 Å². The summed E-state index contributed by atoms with van der Waals surface area (Å²) in [5, 5.41) is 1.19. The van der Waals surface area contributed by atoms with Crippen molar-refractivity contribution in [1.82, 2.24) is 4.98 Å². The Bertz CT molecular complexity index is 912. The van der Waals surface area contributed by atoms with Crippen molar-refractivity contribution in [3.63, 3.8) is 0 Å². The van der Waals surface area contributed by atoms with Gasteiger partial charge in [-0.3, -0.25) is 0 Å². The van der Waals surface area contributed by atoms with Gasteiger partial charge in [-0.15, -0.1) is 0 Å². The average Bonchev–Trinajstić information content (AvgIpc) is 2.96. The van der Waals surface area contributed by atoms with E-state index in [1.165, 1.54) is 32.1 Å². The van der Waals surface area contributed by atoms with Gasteiger partial charge < -0.3 is 24.8 Å². The molecule has 1 aliphatic rings. The number of hydrogen-bond donors (Lipinski definition) is 0. The monoisotopic (exact) mass is 390 g/mol. The fourth-order valence-corrected chi connectivity index (χ4v) is 3.61. The van der Waals surface area contributed by atoms with Crippen LogP contribution in [0.2, 0.25) is 0 Å². The third-order valence-corrected chi connectivity index (χ3v) is 4.80. The fourth-order valence-electron chi connectivity index (χ4n) is 3.00. The third-order valence-electron chi connectivity index (χ3n) is 4.07. The number of allylic oxidation sites excluding steroid dienone is 4. The van der Waals surface area contributed by atoms with E-state index in [-0.39, 0.29) is 24.8 Å². The summed E-state index contributed by atoms with van der Waals surface area (Å²) in [7, 11) is 0. The Hall–Kier alpha value is -1.56. The summed E-state index contributed by atoms with van der Waals surface area (Å²) >= 11 is 3.28. The molecule has 1 nitrogen and oxygen atoms in total. The van der Waals surface area contributed by atoms with Crippen LogP contribution in [0.1, 0.15) is 17.5 Å². The van der Waals surface area contributed by atoms with E-state index in [1.807, 2.05) is 12.3 Å². The maximum absolute atomic E-state index is 4.59. The molecule has 0 aliphatic heterocycles. The Morgan fingerprint density at radius 1 is 0.833 bits per heavy atom. The van der Waals surface area contributed by atoms with Crippen LogP contribution in [0.25, 0.3) is 22.0 Å². The SMILES string of the molecule is [Cl-].[Cl-].[Cr+2][C]1=C(c2cccc3cccnc23)CC=C1c1ccccc1. The van der Waals surface area contributed by atoms with Crippen molar-refractivity contribution in [2.24, 2.45) is 0 Å². The number of nitrogens with zero attached hydrogens (tertiary/aromatic N) is 1. The van der Waals surface area contributed by atoms with Crippen LogP contribution < -0.4 is 24.8 Å². The van der Waals surface area contributed by atoms with Gasteiger partial charge in [-0.25, -0.2) is 0 Å². The molecule has 1 aromatic heterocycles. The van der Waals surface area contributed by atoms with E-state index >= 15 is 0 Å². The second kappa shape index (κ2) is 8.01. The second-order valence-electron chi connectivity index (χ2n) is 5.38. The Labute approximate surface area is 162 Å². The van der Waals surface area contributed by atoms with Crippen molar-refractivity contribution in [3.05, 3.63) is 88.5 Å². The molecule has 0 saturated heterocycles. The van der Waals surface area contributed by atoms with Crippen molar-refractivity contribution in [2.45, 2.75) is 6.42 Å². The predicted molar refractivity (Wildman–Crippen MR) is 87.7 cm³/mol. The van der Waals surface area contributed by atoms with Crippen LogP contribution in [0.3, 0.4) is 0 Å². The number of hydrogen-bond acceptors (Lipinski definition) is 1. The Morgan fingerprint density at radius 3 is 2.38 bits per heavy atom. The molecule has 1 heterocycles. The number of pyridine rings is 1.